The maximum Gasteiger partial charge on any atom is 0.409 e. The number of rotatable bonds is 5. The van der Waals surface area contributed by atoms with Crippen LogP contribution in [0.4, 0.5) is 4.79 Å². The second kappa shape index (κ2) is 8.95. The molecule has 2 N–H and O–H groups in total. The van der Waals surface area contributed by atoms with Crippen LogP contribution in [0.3, 0.4) is 0 Å². The molecule has 0 bridgehead atoms. The molecule has 1 saturated heterocycles. The Hall–Kier alpha value is -1.76. The highest BCUT2D eigenvalue weighted by atomic mass is 79.9. The number of hydrogen-bond acceptors (Lipinski definition) is 3. The number of nitrogens with one attached hydrogen (secondary N) is 2. The van der Waals surface area contributed by atoms with Gasteiger partial charge in [-0.3, -0.25) is 4.99 Å². The van der Waals surface area contributed by atoms with Gasteiger partial charge in [0.15, 0.2) is 5.96 Å². The molecular weight excluding hydrogens is 408 g/mol. The smallest absolute Gasteiger partial charge is 0.409 e. The molecule has 7 heteroatoms. The van der Waals surface area contributed by atoms with Gasteiger partial charge in [-0.05, 0) is 44.2 Å². The van der Waals surface area contributed by atoms with Crippen molar-refractivity contribution in [1.29, 1.82) is 0 Å². The Morgan fingerprint density at radius 1 is 1.33 bits per heavy atom. The molecule has 1 aromatic rings. The number of aliphatic imine (C=N–C) groups is 1. The number of carbonyl (C=O) groups excluding carboxylic acids is 1. The number of methoxy groups -OCH3 is 1. The Bertz CT molecular complexity index is 682. The fraction of sp³-hybridized carbons (Fsp3) is 0.600. The highest BCUT2D eigenvalue weighted by Crippen LogP contribution is 2.50. The molecule has 0 radical (unpaired) electrons. The molecule has 1 amide bonds. The third-order valence-electron chi connectivity index (χ3n) is 5.45. The van der Waals surface area contributed by atoms with E-state index in [0.29, 0.717) is 19.1 Å². The zero-order valence-electron chi connectivity index (χ0n) is 16.1. The van der Waals surface area contributed by atoms with Crippen LogP contribution < -0.4 is 10.6 Å². The topological polar surface area (TPSA) is 66.0 Å². The van der Waals surface area contributed by atoms with E-state index in [4.69, 9.17) is 9.73 Å². The predicted octanol–water partition coefficient (Wildman–Crippen LogP) is 3.27. The van der Waals surface area contributed by atoms with Crippen molar-refractivity contribution in [2.45, 2.75) is 44.1 Å². The SMILES string of the molecule is CCNC(=NCC1(c2ccccc2Br)CC1)NC1CCN(C(=O)OC)CC1. The third kappa shape index (κ3) is 4.94. The van der Waals surface area contributed by atoms with Crippen LogP contribution in [0.15, 0.2) is 33.7 Å². The van der Waals surface area contributed by atoms with Gasteiger partial charge in [-0.15, -0.1) is 0 Å². The number of amides is 1. The molecule has 1 aliphatic heterocycles. The van der Waals surface area contributed by atoms with Crippen molar-refractivity contribution in [3.8, 4) is 0 Å². The molecule has 0 unspecified atom stereocenters. The van der Waals surface area contributed by atoms with E-state index < -0.39 is 0 Å². The molecule has 148 valence electrons. The Kier molecular flexibility index (Phi) is 6.63. The Balaban J connectivity index is 1.59. The molecule has 1 aliphatic carbocycles. The summed E-state index contributed by atoms with van der Waals surface area (Å²) in [6.07, 6.45) is 3.91. The van der Waals surface area contributed by atoms with Crippen LogP contribution in [-0.4, -0.2) is 56.3 Å². The zero-order valence-corrected chi connectivity index (χ0v) is 17.7. The highest BCUT2D eigenvalue weighted by molar-refractivity contribution is 9.10. The van der Waals surface area contributed by atoms with Crippen molar-refractivity contribution in [1.82, 2.24) is 15.5 Å². The summed E-state index contributed by atoms with van der Waals surface area (Å²) in [6.45, 7) is 5.12. The maximum atomic E-state index is 11.6. The predicted molar refractivity (Wildman–Crippen MR) is 111 cm³/mol. The van der Waals surface area contributed by atoms with Gasteiger partial charge in [-0.1, -0.05) is 34.1 Å². The van der Waals surface area contributed by atoms with Gasteiger partial charge in [0, 0.05) is 35.6 Å². The number of carbonyl (C=O) groups is 1. The molecule has 3 rings (SSSR count). The van der Waals surface area contributed by atoms with Crippen molar-refractivity contribution >= 4 is 28.0 Å². The van der Waals surface area contributed by atoms with E-state index in [-0.39, 0.29) is 11.5 Å². The molecule has 1 heterocycles. The van der Waals surface area contributed by atoms with Crippen LogP contribution in [0.25, 0.3) is 0 Å². The Labute approximate surface area is 169 Å². The lowest BCUT2D eigenvalue weighted by Gasteiger charge is -2.32. The first kappa shape index (κ1) is 20.0. The van der Waals surface area contributed by atoms with Gasteiger partial charge in [0.2, 0.25) is 0 Å². The van der Waals surface area contributed by atoms with Crippen molar-refractivity contribution in [3.63, 3.8) is 0 Å². The first-order valence-electron chi connectivity index (χ1n) is 9.71. The standard InChI is InChI=1S/C20H29BrN4O2/c1-3-22-18(24-15-8-12-25(13-9-15)19(26)27-2)23-14-20(10-11-20)16-6-4-5-7-17(16)21/h4-7,15H,3,8-14H2,1-2H3,(H2,22,23,24). The van der Waals surface area contributed by atoms with E-state index in [0.717, 1.165) is 31.9 Å². The number of benzene rings is 1. The van der Waals surface area contributed by atoms with Gasteiger partial charge in [-0.2, -0.15) is 0 Å². The summed E-state index contributed by atoms with van der Waals surface area (Å²) in [5.41, 5.74) is 1.52. The lowest BCUT2D eigenvalue weighted by molar-refractivity contribution is 0.111. The summed E-state index contributed by atoms with van der Waals surface area (Å²) in [6, 6.07) is 8.79. The Morgan fingerprint density at radius 3 is 2.63 bits per heavy atom. The van der Waals surface area contributed by atoms with E-state index in [1.54, 1.807) is 4.90 Å². The third-order valence-corrected chi connectivity index (χ3v) is 6.14. The molecule has 1 saturated carbocycles. The number of likely N-dealkylation sites (tertiary alicyclic amines) is 1. The molecule has 1 aromatic carbocycles. The highest BCUT2D eigenvalue weighted by Gasteiger charge is 2.45. The monoisotopic (exact) mass is 436 g/mol. The lowest BCUT2D eigenvalue weighted by atomic mass is 9.96. The van der Waals surface area contributed by atoms with Crippen molar-refractivity contribution in [3.05, 3.63) is 34.3 Å². The van der Waals surface area contributed by atoms with E-state index in [1.807, 2.05) is 0 Å². The number of piperidine rings is 1. The number of hydrogen-bond donors (Lipinski definition) is 2. The second-order valence-corrected chi connectivity index (χ2v) is 8.19. The molecule has 0 aromatic heterocycles. The summed E-state index contributed by atoms with van der Waals surface area (Å²) in [5, 5.41) is 6.91. The van der Waals surface area contributed by atoms with Gasteiger partial charge >= 0.3 is 6.09 Å². The summed E-state index contributed by atoms with van der Waals surface area (Å²) < 4.78 is 5.98. The molecular formula is C20H29BrN4O2. The van der Waals surface area contributed by atoms with Gasteiger partial charge in [0.05, 0.1) is 13.7 Å². The average Bonchev–Trinajstić information content (AvgIpc) is 3.47. The minimum Gasteiger partial charge on any atom is -0.453 e. The first-order valence-corrected chi connectivity index (χ1v) is 10.5. The van der Waals surface area contributed by atoms with Gasteiger partial charge in [-0.25, -0.2) is 4.79 Å². The average molecular weight is 437 g/mol. The van der Waals surface area contributed by atoms with E-state index in [1.165, 1.54) is 30.0 Å². The molecule has 2 aliphatic rings. The lowest BCUT2D eigenvalue weighted by Crippen LogP contribution is -2.50. The van der Waals surface area contributed by atoms with Crippen LogP contribution in [0.5, 0.6) is 0 Å². The van der Waals surface area contributed by atoms with E-state index in [9.17, 15) is 4.79 Å². The number of nitrogens with zero attached hydrogens (tertiary/aromatic N) is 2. The number of guanidine groups is 1. The molecule has 2 fully saturated rings. The van der Waals surface area contributed by atoms with Gasteiger partial charge in [0.1, 0.15) is 0 Å². The Morgan fingerprint density at radius 2 is 2.04 bits per heavy atom. The minimum absolute atomic E-state index is 0.163. The summed E-state index contributed by atoms with van der Waals surface area (Å²) >= 11 is 3.69. The minimum atomic E-state index is -0.238. The van der Waals surface area contributed by atoms with Crippen molar-refractivity contribution in [2.24, 2.45) is 4.99 Å². The largest absolute Gasteiger partial charge is 0.453 e. The summed E-state index contributed by atoms with van der Waals surface area (Å²) in [7, 11) is 1.43. The quantitative estimate of drug-likeness (QED) is 0.548. The van der Waals surface area contributed by atoms with E-state index in [2.05, 4.69) is 57.8 Å². The van der Waals surface area contributed by atoms with Crippen LogP contribution >= 0.6 is 15.9 Å². The fourth-order valence-electron chi connectivity index (χ4n) is 3.63. The van der Waals surface area contributed by atoms with Crippen molar-refractivity contribution in [2.75, 3.05) is 33.3 Å². The summed E-state index contributed by atoms with van der Waals surface area (Å²) in [4.78, 5) is 18.3. The van der Waals surface area contributed by atoms with Crippen LogP contribution in [-0.2, 0) is 10.2 Å². The molecule has 6 nitrogen and oxygen atoms in total. The van der Waals surface area contributed by atoms with Crippen LogP contribution in [0.2, 0.25) is 0 Å². The van der Waals surface area contributed by atoms with Crippen molar-refractivity contribution < 1.29 is 9.53 Å². The van der Waals surface area contributed by atoms with Crippen LogP contribution in [0.1, 0.15) is 38.2 Å². The first-order chi connectivity index (χ1) is 13.1. The second-order valence-electron chi connectivity index (χ2n) is 7.33. The number of halogens is 1. The number of ether oxygens (including phenoxy) is 1. The molecule has 0 atom stereocenters. The van der Waals surface area contributed by atoms with Crippen LogP contribution in [0, 0.1) is 0 Å². The summed E-state index contributed by atoms with van der Waals surface area (Å²) in [5.74, 6) is 0.868. The van der Waals surface area contributed by atoms with Gasteiger partial charge < -0.3 is 20.3 Å². The normalized spacial score (nSPS) is 19.5. The maximum absolute atomic E-state index is 11.6. The van der Waals surface area contributed by atoms with E-state index >= 15 is 0 Å². The van der Waals surface area contributed by atoms with Gasteiger partial charge in [0.25, 0.3) is 0 Å². The zero-order chi connectivity index (χ0) is 19.3. The molecule has 0 spiro atoms. The fourth-order valence-corrected chi connectivity index (χ4v) is 4.34. The molecule has 27 heavy (non-hydrogen) atoms.